The van der Waals surface area contributed by atoms with E-state index in [1.54, 1.807) is 0 Å². The van der Waals surface area contributed by atoms with Gasteiger partial charge in [-0.15, -0.1) is 24.0 Å². The van der Waals surface area contributed by atoms with Crippen LogP contribution in [0.2, 0.25) is 0 Å². The van der Waals surface area contributed by atoms with Crippen molar-refractivity contribution < 1.29 is 18.9 Å². The summed E-state index contributed by atoms with van der Waals surface area (Å²) in [6.07, 6.45) is 5.10. The molecule has 0 amide bonds. The fourth-order valence-corrected chi connectivity index (χ4v) is 3.80. The third-order valence-electron chi connectivity index (χ3n) is 5.43. The normalized spacial score (nSPS) is 29.8. The Morgan fingerprint density at radius 1 is 1.21 bits per heavy atom. The highest BCUT2D eigenvalue weighted by Crippen LogP contribution is 2.40. The first-order valence-corrected chi connectivity index (χ1v) is 9.90. The lowest BCUT2D eigenvalue weighted by atomic mass is 9.86. The number of hydrogen-bond donors (Lipinski definition) is 2. The number of nitrogens with zero attached hydrogens (tertiary/aromatic N) is 1. The molecule has 156 valence electrons. The molecule has 1 saturated carbocycles. The number of hydrogen-bond acceptors (Lipinski definition) is 5. The van der Waals surface area contributed by atoms with Crippen LogP contribution in [0.15, 0.2) is 23.2 Å². The molecule has 3 aliphatic rings. The van der Waals surface area contributed by atoms with E-state index in [4.69, 9.17) is 24.7 Å². The summed E-state index contributed by atoms with van der Waals surface area (Å²) in [6, 6.07) is 5.68. The van der Waals surface area contributed by atoms with Gasteiger partial charge in [0.05, 0.1) is 26.4 Å². The van der Waals surface area contributed by atoms with Crippen molar-refractivity contribution >= 4 is 35.6 Å². The van der Waals surface area contributed by atoms with Gasteiger partial charge in [0.1, 0.15) is 6.10 Å². The fraction of sp³-hybridized carbons (Fsp3) is 0.650. The number of nitrogens with one attached hydrogen (secondary N) is 1. The van der Waals surface area contributed by atoms with Crippen molar-refractivity contribution in [1.29, 1.82) is 0 Å². The lowest BCUT2D eigenvalue weighted by molar-refractivity contribution is -0.190. The second-order valence-corrected chi connectivity index (χ2v) is 7.71. The monoisotopic (exact) mass is 503 g/mol. The summed E-state index contributed by atoms with van der Waals surface area (Å²) < 4.78 is 23.5. The number of guanidine groups is 1. The van der Waals surface area contributed by atoms with E-state index in [1.165, 1.54) is 0 Å². The molecule has 1 unspecified atom stereocenters. The zero-order chi connectivity index (χ0) is 18.7. The number of rotatable bonds is 3. The van der Waals surface area contributed by atoms with E-state index in [0.717, 1.165) is 55.2 Å². The Bertz CT molecular complexity index is 692. The maximum Gasteiger partial charge on any atom is 0.193 e. The van der Waals surface area contributed by atoms with E-state index in [2.05, 4.69) is 17.2 Å². The van der Waals surface area contributed by atoms with Crippen LogP contribution < -0.4 is 20.5 Å². The maximum absolute atomic E-state index is 6.18. The Morgan fingerprint density at radius 3 is 2.75 bits per heavy atom. The SMILES string of the molecule is CC1CCC2(CC1)OCC(CN=C(N)Nc1ccc3c(c1)OCCCO3)O2.I. The number of anilines is 1. The van der Waals surface area contributed by atoms with Gasteiger partial charge in [-0.2, -0.15) is 0 Å². The molecular formula is C20H30IN3O4. The van der Waals surface area contributed by atoms with Crippen LogP contribution in [0.1, 0.15) is 39.0 Å². The standard InChI is InChI=1S/C20H29N3O4.HI/c1-14-5-7-20(8-6-14)26-13-16(27-20)12-22-19(21)23-15-3-4-17-18(11-15)25-10-2-9-24-17;/h3-4,11,14,16H,2,5-10,12-13H2,1H3,(H3,21,22,23);1H. The molecule has 28 heavy (non-hydrogen) atoms. The van der Waals surface area contributed by atoms with Crippen LogP contribution in [-0.2, 0) is 9.47 Å². The minimum Gasteiger partial charge on any atom is -0.490 e. The molecule has 0 bridgehead atoms. The number of nitrogens with two attached hydrogens (primary N) is 1. The third-order valence-corrected chi connectivity index (χ3v) is 5.43. The van der Waals surface area contributed by atoms with Gasteiger partial charge in [0, 0.05) is 31.0 Å². The van der Waals surface area contributed by atoms with Crippen molar-refractivity contribution in [2.75, 3.05) is 31.7 Å². The van der Waals surface area contributed by atoms with Crippen molar-refractivity contribution in [3.8, 4) is 11.5 Å². The van der Waals surface area contributed by atoms with E-state index in [0.29, 0.717) is 32.3 Å². The number of benzene rings is 1. The molecule has 1 aromatic carbocycles. The van der Waals surface area contributed by atoms with E-state index in [9.17, 15) is 0 Å². The average Bonchev–Trinajstić information content (AvgIpc) is 2.91. The second-order valence-electron chi connectivity index (χ2n) is 7.71. The predicted molar refractivity (Wildman–Crippen MR) is 119 cm³/mol. The molecule has 1 spiro atoms. The van der Waals surface area contributed by atoms with Gasteiger partial charge < -0.3 is 30.0 Å². The van der Waals surface area contributed by atoms with Crippen molar-refractivity contribution in [2.45, 2.75) is 50.9 Å². The largest absolute Gasteiger partial charge is 0.490 e. The quantitative estimate of drug-likeness (QED) is 0.373. The number of halogens is 1. The highest BCUT2D eigenvalue weighted by atomic mass is 127. The smallest absolute Gasteiger partial charge is 0.193 e. The lowest BCUT2D eigenvalue weighted by Gasteiger charge is -2.34. The van der Waals surface area contributed by atoms with Gasteiger partial charge in [-0.25, -0.2) is 0 Å². The summed E-state index contributed by atoms with van der Waals surface area (Å²) in [4.78, 5) is 4.43. The van der Waals surface area contributed by atoms with Crippen molar-refractivity contribution in [1.82, 2.24) is 0 Å². The second kappa shape index (κ2) is 9.49. The fourth-order valence-electron chi connectivity index (χ4n) is 3.80. The van der Waals surface area contributed by atoms with Crippen LogP contribution in [0, 0.1) is 5.92 Å². The molecule has 2 aliphatic heterocycles. The Kier molecular flexibility index (Phi) is 7.27. The first-order chi connectivity index (χ1) is 13.1. The highest BCUT2D eigenvalue weighted by molar-refractivity contribution is 14.0. The molecule has 0 radical (unpaired) electrons. The van der Waals surface area contributed by atoms with Gasteiger partial charge >= 0.3 is 0 Å². The van der Waals surface area contributed by atoms with Crippen molar-refractivity contribution in [2.24, 2.45) is 16.6 Å². The summed E-state index contributed by atoms with van der Waals surface area (Å²) in [5.74, 6) is 2.22. The predicted octanol–water partition coefficient (Wildman–Crippen LogP) is 3.51. The molecule has 8 heteroatoms. The molecule has 7 nitrogen and oxygen atoms in total. The van der Waals surface area contributed by atoms with E-state index >= 15 is 0 Å². The summed E-state index contributed by atoms with van der Waals surface area (Å²) in [5.41, 5.74) is 6.87. The third kappa shape index (κ3) is 5.21. The molecule has 3 N–H and O–H groups in total. The van der Waals surface area contributed by atoms with Gasteiger partial charge in [-0.3, -0.25) is 4.99 Å². The molecular weight excluding hydrogens is 473 g/mol. The summed E-state index contributed by atoms with van der Waals surface area (Å²) >= 11 is 0. The van der Waals surface area contributed by atoms with Gasteiger partial charge in [-0.05, 0) is 30.9 Å². The maximum atomic E-state index is 6.18. The van der Waals surface area contributed by atoms with Gasteiger partial charge in [-0.1, -0.05) is 6.92 Å². The Balaban J connectivity index is 0.00000225. The van der Waals surface area contributed by atoms with E-state index in [-0.39, 0.29) is 35.9 Å². The summed E-state index contributed by atoms with van der Waals surface area (Å²) in [6.45, 7) is 4.68. The van der Waals surface area contributed by atoms with Gasteiger partial charge in [0.2, 0.25) is 0 Å². The molecule has 1 saturated heterocycles. The zero-order valence-electron chi connectivity index (χ0n) is 16.3. The molecule has 4 rings (SSSR count). The highest BCUT2D eigenvalue weighted by Gasteiger charge is 2.43. The van der Waals surface area contributed by atoms with E-state index < -0.39 is 0 Å². The Labute approximate surface area is 183 Å². The molecule has 1 aromatic rings. The molecule has 0 aromatic heterocycles. The minimum atomic E-state index is -0.386. The van der Waals surface area contributed by atoms with Gasteiger partial charge in [0.25, 0.3) is 0 Å². The summed E-state index contributed by atoms with van der Waals surface area (Å²) in [7, 11) is 0. The number of aliphatic imine (C=N–C) groups is 1. The van der Waals surface area contributed by atoms with Crippen LogP contribution in [0.4, 0.5) is 5.69 Å². The molecule has 1 aliphatic carbocycles. The van der Waals surface area contributed by atoms with Crippen LogP contribution in [0.25, 0.3) is 0 Å². The molecule has 2 fully saturated rings. The zero-order valence-corrected chi connectivity index (χ0v) is 18.6. The van der Waals surface area contributed by atoms with Crippen molar-refractivity contribution in [3.63, 3.8) is 0 Å². The first-order valence-electron chi connectivity index (χ1n) is 9.90. The topological polar surface area (TPSA) is 87.3 Å². The lowest BCUT2D eigenvalue weighted by Crippen LogP contribution is -2.35. The summed E-state index contributed by atoms with van der Waals surface area (Å²) in [5, 5.41) is 3.11. The molecule has 2 heterocycles. The van der Waals surface area contributed by atoms with Crippen molar-refractivity contribution in [3.05, 3.63) is 18.2 Å². The van der Waals surface area contributed by atoms with E-state index in [1.807, 2.05) is 18.2 Å². The van der Waals surface area contributed by atoms with Crippen LogP contribution in [0.3, 0.4) is 0 Å². The van der Waals surface area contributed by atoms with Crippen LogP contribution in [-0.4, -0.2) is 44.2 Å². The van der Waals surface area contributed by atoms with Crippen LogP contribution in [0.5, 0.6) is 11.5 Å². The Morgan fingerprint density at radius 2 is 1.96 bits per heavy atom. The number of ether oxygens (including phenoxy) is 4. The van der Waals surface area contributed by atoms with Crippen LogP contribution >= 0.6 is 24.0 Å². The minimum absolute atomic E-state index is 0. The molecule has 1 atom stereocenters. The van der Waals surface area contributed by atoms with Gasteiger partial charge in [0.15, 0.2) is 23.2 Å². The number of fused-ring (bicyclic) bond motifs is 1. The average molecular weight is 503 g/mol. The Hall–Kier alpha value is -1.26. The first kappa shape index (κ1) is 21.4.